The van der Waals surface area contributed by atoms with E-state index in [0.717, 1.165) is 55.3 Å². The van der Waals surface area contributed by atoms with Crippen molar-refractivity contribution in [1.82, 2.24) is 19.7 Å². The predicted octanol–water partition coefficient (Wildman–Crippen LogP) is 3.87. The van der Waals surface area contributed by atoms with Gasteiger partial charge in [0.1, 0.15) is 18.0 Å². The van der Waals surface area contributed by atoms with Gasteiger partial charge >= 0.3 is 0 Å². The summed E-state index contributed by atoms with van der Waals surface area (Å²) in [7, 11) is 0. The molecule has 0 amide bonds. The summed E-state index contributed by atoms with van der Waals surface area (Å²) in [6.07, 6.45) is 4.21. The predicted molar refractivity (Wildman–Crippen MR) is 119 cm³/mol. The Morgan fingerprint density at radius 1 is 1.06 bits per heavy atom. The molecule has 168 valence electrons. The maximum Gasteiger partial charge on any atom is 0.246 e. The van der Waals surface area contributed by atoms with Crippen molar-refractivity contribution in [3.63, 3.8) is 0 Å². The molecule has 1 saturated carbocycles. The van der Waals surface area contributed by atoms with Crippen LogP contribution < -0.4 is 10.6 Å². The number of halogens is 2. The highest BCUT2D eigenvalue weighted by atomic mass is 19.1. The van der Waals surface area contributed by atoms with Crippen molar-refractivity contribution in [2.75, 3.05) is 36.9 Å². The number of nitrogens with zero attached hydrogens (tertiary/aromatic N) is 4. The fraction of sp³-hybridized carbons (Fsp3) is 0.391. The van der Waals surface area contributed by atoms with Crippen LogP contribution in [0.2, 0.25) is 0 Å². The van der Waals surface area contributed by atoms with Gasteiger partial charge in [-0.25, -0.2) is 13.5 Å². The molecule has 2 aliphatic rings. The topological polar surface area (TPSA) is 67.2 Å². The number of nitrogens with one attached hydrogen (secondary N) is 2. The molecule has 1 unspecified atom stereocenters. The molecule has 1 aromatic heterocycles. The Morgan fingerprint density at radius 3 is 2.62 bits per heavy atom. The molecular formula is C23H26F2N6O. The second-order valence-electron chi connectivity index (χ2n) is 8.45. The van der Waals surface area contributed by atoms with Crippen molar-refractivity contribution < 1.29 is 13.5 Å². The smallest absolute Gasteiger partial charge is 0.246 e. The van der Waals surface area contributed by atoms with Gasteiger partial charge in [-0.15, -0.1) is 5.10 Å². The van der Waals surface area contributed by atoms with Gasteiger partial charge in [0.25, 0.3) is 0 Å². The fourth-order valence-electron chi connectivity index (χ4n) is 4.07. The lowest BCUT2D eigenvalue weighted by Gasteiger charge is -2.33. The number of aromatic nitrogens is 3. The minimum atomic E-state index is -0.665. The number of hydrogen-bond donors (Lipinski definition) is 2. The minimum Gasteiger partial charge on any atom is -0.382 e. The second kappa shape index (κ2) is 8.84. The van der Waals surface area contributed by atoms with Crippen LogP contribution in [-0.4, -0.2) is 58.1 Å². The molecule has 0 spiro atoms. The van der Waals surface area contributed by atoms with Crippen LogP contribution in [-0.2, 0) is 4.74 Å². The van der Waals surface area contributed by atoms with Gasteiger partial charge in [-0.3, -0.25) is 4.90 Å². The number of benzene rings is 2. The number of anilines is 3. The van der Waals surface area contributed by atoms with Gasteiger partial charge in [0, 0.05) is 43.1 Å². The molecule has 32 heavy (non-hydrogen) atoms. The molecule has 1 aliphatic heterocycles. The quantitative estimate of drug-likeness (QED) is 0.581. The molecule has 0 radical (unpaired) electrons. The first-order chi connectivity index (χ1) is 15.5. The zero-order valence-electron chi connectivity index (χ0n) is 17.9. The SMILES string of the molecule is Cc1cc(NCC2CN(C3CC3)CCO2)cc(Nc2ncn(-c3cc(F)cc(F)c3)n2)c1. The summed E-state index contributed by atoms with van der Waals surface area (Å²) in [5.74, 6) is -0.995. The highest BCUT2D eigenvalue weighted by Crippen LogP contribution is 2.28. The molecule has 2 fully saturated rings. The summed E-state index contributed by atoms with van der Waals surface area (Å²) in [6.45, 7) is 5.54. The summed E-state index contributed by atoms with van der Waals surface area (Å²) < 4.78 is 34.2. The lowest BCUT2D eigenvalue weighted by molar-refractivity contribution is -0.0241. The van der Waals surface area contributed by atoms with Crippen LogP contribution in [0.5, 0.6) is 0 Å². The maximum absolute atomic E-state index is 13.5. The van der Waals surface area contributed by atoms with Crippen molar-refractivity contribution in [3.8, 4) is 5.69 Å². The van der Waals surface area contributed by atoms with E-state index in [1.165, 1.54) is 36.0 Å². The molecule has 5 rings (SSSR count). The Labute approximate surface area is 185 Å². The van der Waals surface area contributed by atoms with Crippen LogP contribution in [0.4, 0.5) is 26.1 Å². The van der Waals surface area contributed by atoms with E-state index in [1.807, 2.05) is 19.1 Å². The van der Waals surface area contributed by atoms with E-state index in [1.54, 1.807) is 0 Å². The van der Waals surface area contributed by atoms with E-state index in [0.29, 0.717) is 5.95 Å². The largest absolute Gasteiger partial charge is 0.382 e. The van der Waals surface area contributed by atoms with Crippen molar-refractivity contribution in [2.24, 2.45) is 0 Å². The lowest BCUT2D eigenvalue weighted by atomic mass is 10.2. The number of aryl methyl sites for hydroxylation is 1. The Kier molecular flexibility index (Phi) is 5.75. The van der Waals surface area contributed by atoms with Crippen LogP contribution in [0.1, 0.15) is 18.4 Å². The van der Waals surface area contributed by atoms with Crippen molar-refractivity contribution >= 4 is 17.3 Å². The van der Waals surface area contributed by atoms with E-state index in [-0.39, 0.29) is 11.8 Å². The first-order valence-electron chi connectivity index (χ1n) is 10.9. The van der Waals surface area contributed by atoms with Gasteiger partial charge in [0.2, 0.25) is 5.95 Å². The van der Waals surface area contributed by atoms with Crippen molar-refractivity contribution in [3.05, 3.63) is 59.9 Å². The van der Waals surface area contributed by atoms with Crippen LogP contribution in [0.3, 0.4) is 0 Å². The van der Waals surface area contributed by atoms with Crippen LogP contribution in [0.15, 0.2) is 42.7 Å². The van der Waals surface area contributed by atoms with Gasteiger partial charge in [-0.1, -0.05) is 0 Å². The minimum absolute atomic E-state index is 0.172. The number of hydrogen-bond acceptors (Lipinski definition) is 6. The first kappa shape index (κ1) is 20.8. The van der Waals surface area contributed by atoms with E-state index < -0.39 is 11.6 Å². The molecule has 3 aromatic rings. The Bertz CT molecular complexity index is 1080. The molecule has 2 aromatic carbocycles. The van der Waals surface area contributed by atoms with E-state index in [9.17, 15) is 8.78 Å². The maximum atomic E-state index is 13.5. The zero-order chi connectivity index (χ0) is 22.1. The standard InChI is InChI=1S/C23H26F2N6O/c1-15-6-18(26-12-22-13-30(4-5-32-22)20-2-3-20)11-19(7-15)28-23-27-14-31(29-23)21-9-16(24)8-17(25)10-21/h6-11,14,20,22,26H,2-5,12-13H2,1H3,(H,28,29). The van der Waals surface area contributed by atoms with Gasteiger partial charge in [0.05, 0.1) is 18.4 Å². The third-order valence-corrected chi connectivity index (χ3v) is 5.70. The van der Waals surface area contributed by atoms with E-state index in [2.05, 4.69) is 31.7 Å². The Balaban J connectivity index is 1.23. The average Bonchev–Trinajstić information content (AvgIpc) is 3.51. The Morgan fingerprint density at radius 2 is 1.84 bits per heavy atom. The van der Waals surface area contributed by atoms with Crippen LogP contribution in [0, 0.1) is 18.6 Å². The molecule has 1 aliphatic carbocycles. The summed E-state index contributed by atoms with van der Waals surface area (Å²) >= 11 is 0. The van der Waals surface area contributed by atoms with Crippen molar-refractivity contribution in [2.45, 2.75) is 31.9 Å². The Hall–Kier alpha value is -3.04. The highest BCUT2D eigenvalue weighted by Gasteiger charge is 2.32. The summed E-state index contributed by atoms with van der Waals surface area (Å²) in [4.78, 5) is 6.74. The number of morpholine rings is 1. The molecule has 7 nitrogen and oxygen atoms in total. The zero-order valence-corrected chi connectivity index (χ0v) is 17.9. The first-order valence-corrected chi connectivity index (χ1v) is 10.9. The summed E-state index contributed by atoms with van der Waals surface area (Å²) in [5, 5.41) is 10.9. The van der Waals surface area contributed by atoms with Gasteiger partial charge in [0.15, 0.2) is 0 Å². The van der Waals surface area contributed by atoms with Crippen LogP contribution >= 0.6 is 0 Å². The third kappa shape index (κ3) is 5.05. The molecule has 1 saturated heterocycles. The van der Waals surface area contributed by atoms with Crippen LogP contribution in [0.25, 0.3) is 5.69 Å². The molecule has 2 heterocycles. The third-order valence-electron chi connectivity index (χ3n) is 5.70. The van der Waals surface area contributed by atoms with Gasteiger partial charge in [-0.05, 0) is 55.7 Å². The summed E-state index contributed by atoms with van der Waals surface area (Å²) in [5.41, 5.74) is 3.14. The lowest BCUT2D eigenvalue weighted by Crippen LogP contribution is -2.46. The van der Waals surface area contributed by atoms with Crippen molar-refractivity contribution in [1.29, 1.82) is 0 Å². The van der Waals surface area contributed by atoms with Gasteiger partial charge in [-0.2, -0.15) is 4.98 Å². The second-order valence-corrected chi connectivity index (χ2v) is 8.45. The molecular weight excluding hydrogens is 414 g/mol. The number of ether oxygens (including phenoxy) is 1. The van der Waals surface area contributed by atoms with Gasteiger partial charge < -0.3 is 15.4 Å². The molecule has 9 heteroatoms. The molecule has 1 atom stereocenters. The van der Waals surface area contributed by atoms with E-state index >= 15 is 0 Å². The normalized spacial score (nSPS) is 19.2. The molecule has 2 N–H and O–H groups in total. The fourth-order valence-corrected chi connectivity index (χ4v) is 4.07. The molecule has 0 bridgehead atoms. The summed E-state index contributed by atoms with van der Waals surface area (Å²) in [6, 6.07) is 10.0. The van der Waals surface area contributed by atoms with E-state index in [4.69, 9.17) is 4.74 Å². The average molecular weight is 440 g/mol. The highest BCUT2D eigenvalue weighted by molar-refractivity contribution is 5.63. The number of rotatable bonds is 7. The monoisotopic (exact) mass is 440 g/mol.